The van der Waals surface area contributed by atoms with Crippen LogP contribution in [-0.4, -0.2) is 32.5 Å². The van der Waals surface area contributed by atoms with E-state index in [1.165, 1.54) is 14.1 Å². The highest BCUT2D eigenvalue weighted by Crippen LogP contribution is 2.37. The number of anilines is 1. The monoisotopic (exact) mass is 486 g/mol. The molecule has 182 valence electrons. The predicted octanol–water partition coefficient (Wildman–Crippen LogP) is 2.33. The van der Waals surface area contributed by atoms with Crippen LogP contribution in [0.5, 0.6) is 0 Å². The number of allylic oxidation sites excluding steroid dienone is 1. The molecule has 2 N–H and O–H groups in total. The van der Waals surface area contributed by atoms with Crippen molar-refractivity contribution in [3.05, 3.63) is 91.6 Å². The number of pyridine rings is 1. The first-order valence-electron chi connectivity index (χ1n) is 11.2. The standard InChI is InChI=1S/C26H22N4O6/c1-29-23(27)21(24(32)30(2)26(29)34)19(31)13-36-25(33)20-16-7-3-4-8-18(16)28-22-14(9-10-17(20)22)12-15-6-5-11-35-15/h3-8,11-12H,9-10,13,27H2,1-2H3/b14-12-. The van der Waals surface area contributed by atoms with Gasteiger partial charge in [-0.3, -0.25) is 18.7 Å². The van der Waals surface area contributed by atoms with Crippen LogP contribution in [0.3, 0.4) is 0 Å². The maximum absolute atomic E-state index is 13.3. The average molecular weight is 486 g/mol. The van der Waals surface area contributed by atoms with Crippen LogP contribution in [0.4, 0.5) is 5.82 Å². The Morgan fingerprint density at radius 1 is 1.08 bits per heavy atom. The summed E-state index contributed by atoms with van der Waals surface area (Å²) in [6.45, 7) is -0.711. The van der Waals surface area contributed by atoms with Crippen molar-refractivity contribution < 1.29 is 18.7 Å². The van der Waals surface area contributed by atoms with Gasteiger partial charge in [0.15, 0.2) is 6.61 Å². The second-order valence-electron chi connectivity index (χ2n) is 8.48. The maximum Gasteiger partial charge on any atom is 0.339 e. The zero-order valence-electron chi connectivity index (χ0n) is 19.6. The SMILES string of the molecule is Cn1c(N)c(C(=O)COC(=O)c2c3c(nc4ccccc24)/C(=C\c2ccco2)CC3)c(=O)n(C)c1=O. The van der Waals surface area contributed by atoms with Gasteiger partial charge in [-0.1, -0.05) is 18.2 Å². The van der Waals surface area contributed by atoms with Crippen LogP contribution in [0.2, 0.25) is 0 Å². The summed E-state index contributed by atoms with van der Waals surface area (Å²) >= 11 is 0. The summed E-state index contributed by atoms with van der Waals surface area (Å²) < 4.78 is 12.6. The Morgan fingerprint density at radius 2 is 1.86 bits per heavy atom. The van der Waals surface area contributed by atoms with Crippen LogP contribution in [0, 0.1) is 0 Å². The topological polar surface area (TPSA) is 139 Å². The number of aromatic nitrogens is 3. The molecule has 0 unspecified atom stereocenters. The van der Waals surface area contributed by atoms with Gasteiger partial charge >= 0.3 is 11.7 Å². The van der Waals surface area contributed by atoms with Gasteiger partial charge in [-0.15, -0.1) is 0 Å². The van der Waals surface area contributed by atoms with E-state index in [0.717, 1.165) is 20.3 Å². The summed E-state index contributed by atoms with van der Waals surface area (Å²) in [6.07, 6.45) is 4.70. The molecule has 1 aliphatic rings. The van der Waals surface area contributed by atoms with Crippen molar-refractivity contribution in [1.82, 2.24) is 14.1 Å². The van der Waals surface area contributed by atoms with Crippen molar-refractivity contribution in [2.45, 2.75) is 12.8 Å². The number of Topliss-reactive ketones (excluding diaryl/α,β-unsaturated/α-hetero) is 1. The first kappa shape index (κ1) is 23.0. The van der Waals surface area contributed by atoms with Crippen LogP contribution >= 0.6 is 0 Å². The Kier molecular flexibility index (Phi) is 5.63. The number of carbonyl (C=O) groups is 2. The Bertz CT molecular complexity index is 1690. The Hall–Kier alpha value is -4.73. The summed E-state index contributed by atoms with van der Waals surface area (Å²) in [4.78, 5) is 55.5. The molecule has 0 spiro atoms. The summed E-state index contributed by atoms with van der Waals surface area (Å²) in [6, 6.07) is 10.8. The number of nitrogen functional groups attached to an aromatic ring is 1. The molecule has 5 rings (SSSR count). The summed E-state index contributed by atoms with van der Waals surface area (Å²) in [5.74, 6) is -1.12. The van der Waals surface area contributed by atoms with Crippen molar-refractivity contribution >= 4 is 40.1 Å². The van der Waals surface area contributed by atoms with Crippen molar-refractivity contribution in [1.29, 1.82) is 0 Å². The van der Waals surface area contributed by atoms with Crippen molar-refractivity contribution in [2.75, 3.05) is 12.3 Å². The number of esters is 1. The van der Waals surface area contributed by atoms with E-state index in [4.69, 9.17) is 19.9 Å². The van der Waals surface area contributed by atoms with Gasteiger partial charge in [0.1, 0.15) is 17.1 Å². The number of ether oxygens (including phenoxy) is 1. The van der Waals surface area contributed by atoms with E-state index in [9.17, 15) is 19.2 Å². The average Bonchev–Trinajstić information content (AvgIpc) is 3.54. The molecule has 1 aromatic carbocycles. The lowest BCUT2D eigenvalue weighted by Crippen LogP contribution is -2.42. The van der Waals surface area contributed by atoms with E-state index < -0.39 is 35.2 Å². The molecule has 1 aliphatic carbocycles. The van der Waals surface area contributed by atoms with Gasteiger partial charge in [0.05, 0.1) is 23.0 Å². The number of nitrogens with zero attached hydrogens (tertiary/aromatic N) is 3. The fraction of sp³-hybridized carbons (Fsp3) is 0.192. The molecule has 10 nitrogen and oxygen atoms in total. The zero-order valence-corrected chi connectivity index (χ0v) is 19.6. The molecule has 10 heteroatoms. The molecule has 36 heavy (non-hydrogen) atoms. The zero-order chi connectivity index (χ0) is 25.6. The Labute approximate surface area is 204 Å². The van der Waals surface area contributed by atoms with Gasteiger partial charge in [0.2, 0.25) is 5.78 Å². The number of para-hydroxylation sites is 1. The Morgan fingerprint density at radius 3 is 2.61 bits per heavy atom. The molecule has 3 aromatic heterocycles. The number of hydrogen-bond donors (Lipinski definition) is 1. The molecule has 0 bridgehead atoms. The Balaban J connectivity index is 1.51. The molecule has 0 saturated carbocycles. The van der Waals surface area contributed by atoms with Gasteiger partial charge in [-0.2, -0.15) is 0 Å². The number of hydrogen-bond acceptors (Lipinski definition) is 8. The van der Waals surface area contributed by atoms with E-state index in [0.29, 0.717) is 40.8 Å². The second-order valence-corrected chi connectivity index (χ2v) is 8.48. The van der Waals surface area contributed by atoms with Gasteiger partial charge in [0, 0.05) is 19.5 Å². The summed E-state index contributed by atoms with van der Waals surface area (Å²) in [5.41, 5.74) is 7.21. The minimum atomic E-state index is -0.848. The van der Waals surface area contributed by atoms with Crippen LogP contribution < -0.4 is 17.0 Å². The normalized spacial score (nSPS) is 13.8. The minimum Gasteiger partial charge on any atom is -0.465 e. The van der Waals surface area contributed by atoms with E-state index in [1.807, 2.05) is 18.2 Å². The number of furan rings is 1. The highest BCUT2D eigenvalue weighted by atomic mass is 16.5. The smallest absolute Gasteiger partial charge is 0.339 e. The van der Waals surface area contributed by atoms with Crippen LogP contribution in [-0.2, 0) is 25.3 Å². The van der Waals surface area contributed by atoms with Crippen LogP contribution in [0.25, 0.3) is 22.6 Å². The quantitative estimate of drug-likeness (QED) is 0.335. The number of nitrogens with two attached hydrogens (primary N) is 1. The van der Waals surface area contributed by atoms with E-state index >= 15 is 0 Å². The third-order valence-electron chi connectivity index (χ3n) is 6.33. The van der Waals surface area contributed by atoms with Gasteiger partial charge in [-0.25, -0.2) is 14.6 Å². The minimum absolute atomic E-state index is 0.285. The molecule has 0 aliphatic heterocycles. The summed E-state index contributed by atoms with van der Waals surface area (Å²) in [5, 5.41) is 0.602. The van der Waals surface area contributed by atoms with Crippen molar-refractivity contribution in [2.24, 2.45) is 14.1 Å². The van der Waals surface area contributed by atoms with Gasteiger partial charge in [-0.05, 0) is 48.3 Å². The molecule has 0 amide bonds. The molecule has 4 aromatic rings. The third-order valence-corrected chi connectivity index (χ3v) is 6.33. The fourth-order valence-electron chi connectivity index (χ4n) is 4.45. The van der Waals surface area contributed by atoms with Gasteiger partial charge < -0.3 is 14.9 Å². The largest absolute Gasteiger partial charge is 0.465 e. The molecule has 0 saturated heterocycles. The van der Waals surface area contributed by atoms with Gasteiger partial charge in [0.25, 0.3) is 5.56 Å². The van der Waals surface area contributed by atoms with Crippen molar-refractivity contribution in [3.8, 4) is 0 Å². The van der Waals surface area contributed by atoms with Crippen LogP contribution in [0.15, 0.2) is 56.7 Å². The highest BCUT2D eigenvalue weighted by Gasteiger charge is 2.29. The first-order chi connectivity index (χ1) is 17.3. The van der Waals surface area contributed by atoms with E-state index in [-0.39, 0.29) is 5.82 Å². The lowest BCUT2D eigenvalue weighted by molar-refractivity contribution is 0.0475. The number of ketones is 1. The molecule has 3 heterocycles. The molecular weight excluding hydrogens is 464 g/mol. The number of rotatable bonds is 5. The number of fused-ring (bicyclic) bond motifs is 2. The summed E-state index contributed by atoms with van der Waals surface area (Å²) in [7, 11) is 2.59. The molecular formula is C26H22N4O6. The predicted molar refractivity (Wildman–Crippen MR) is 133 cm³/mol. The van der Waals surface area contributed by atoms with Crippen molar-refractivity contribution in [3.63, 3.8) is 0 Å². The molecule has 0 fully saturated rings. The van der Waals surface area contributed by atoms with E-state index in [2.05, 4.69) is 0 Å². The lowest BCUT2D eigenvalue weighted by atomic mass is 10.0. The van der Waals surface area contributed by atoms with Crippen LogP contribution in [0.1, 0.15) is 44.2 Å². The first-order valence-corrected chi connectivity index (χ1v) is 11.2. The third kappa shape index (κ3) is 3.72. The molecule has 0 radical (unpaired) electrons. The fourth-order valence-corrected chi connectivity index (χ4v) is 4.45. The number of carbonyl (C=O) groups excluding carboxylic acids is 2. The maximum atomic E-state index is 13.3. The van der Waals surface area contributed by atoms with E-state index in [1.54, 1.807) is 30.5 Å². The second kappa shape index (κ2) is 8.81. The molecule has 0 atom stereocenters. The lowest BCUT2D eigenvalue weighted by Gasteiger charge is -2.13. The highest BCUT2D eigenvalue weighted by molar-refractivity contribution is 6.08. The number of benzene rings is 1.